The molecule has 0 spiro atoms. The van der Waals surface area contributed by atoms with Gasteiger partial charge in [-0.05, 0) is 68.7 Å². The first-order valence-corrected chi connectivity index (χ1v) is 21.5. The minimum atomic E-state index is -0.434. The molecule has 6 aromatic heterocycles. The molecule has 8 rings (SSSR count). The Hall–Kier alpha value is -7.62. The predicted octanol–water partition coefficient (Wildman–Crippen LogP) is 3.37. The van der Waals surface area contributed by atoms with Gasteiger partial charge in [-0.25, -0.2) is 15.0 Å². The number of carbonyl (C=O) groups is 3. The zero-order chi connectivity index (χ0) is 45.6. The number of amides is 2. The standard InChI is InChI=1S/C43H52N18O4/c1-26-31-23-47-43(53-40(31)61(28-8-6-7-9-28)42(65)38(26)27(2)62)52-33-12-10-29(22-46-33)59-20-18-58(19-21-59)25-37(63)45-16-17-60-48-24-35(56-60)50-39-30(11-13-32(44-3)49-39)41(64)51-34-14-15-36(55-54-34)57(4)5/h10-15,22-24,28H,6-9,16-21,25H2,1-5H3,(H,45,63)(H,51,54,64)(H2,44,49,50,56)(H,46,47,52,53). The Labute approximate surface area is 374 Å². The molecular weight excluding hydrogens is 833 g/mol. The molecule has 65 heavy (non-hydrogen) atoms. The van der Waals surface area contributed by atoms with E-state index in [-0.39, 0.29) is 46.8 Å². The third-order valence-corrected chi connectivity index (χ3v) is 11.5. The number of nitrogens with one attached hydrogen (secondary N) is 5. The summed E-state index contributed by atoms with van der Waals surface area (Å²) in [4.78, 5) is 78.2. The summed E-state index contributed by atoms with van der Waals surface area (Å²) in [6, 6.07) is 10.6. The van der Waals surface area contributed by atoms with Crippen LogP contribution in [-0.2, 0) is 11.3 Å². The molecule has 2 aliphatic rings. The Morgan fingerprint density at radius 3 is 2.31 bits per heavy atom. The van der Waals surface area contributed by atoms with Gasteiger partial charge < -0.3 is 36.4 Å². The van der Waals surface area contributed by atoms with Gasteiger partial charge in [-0.1, -0.05) is 12.8 Å². The van der Waals surface area contributed by atoms with E-state index in [1.165, 1.54) is 17.9 Å². The summed E-state index contributed by atoms with van der Waals surface area (Å²) in [7, 11) is 5.43. The first-order chi connectivity index (χ1) is 31.4. The smallest absolute Gasteiger partial charge is 0.263 e. The number of carbonyl (C=O) groups excluding carboxylic acids is 3. The van der Waals surface area contributed by atoms with E-state index in [1.807, 2.05) is 31.1 Å². The van der Waals surface area contributed by atoms with Crippen LogP contribution in [0.4, 0.5) is 46.5 Å². The normalized spacial score (nSPS) is 14.3. The molecule has 2 fully saturated rings. The van der Waals surface area contributed by atoms with E-state index in [0.29, 0.717) is 77.8 Å². The number of aryl methyl sites for hydroxylation is 1. The van der Waals surface area contributed by atoms with Crippen LogP contribution in [-0.4, -0.2) is 133 Å². The van der Waals surface area contributed by atoms with Gasteiger partial charge in [0.05, 0.1) is 42.3 Å². The zero-order valence-electron chi connectivity index (χ0n) is 37.0. The zero-order valence-corrected chi connectivity index (χ0v) is 37.0. The first kappa shape index (κ1) is 44.0. The molecule has 338 valence electrons. The third-order valence-electron chi connectivity index (χ3n) is 11.5. The summed E-state index contributed by atoms with van der Waals surface area (Å²) in [5.41, 5.74) is 2.24. The van der Waals surface area contributed by atoms with E-state index in [2.05, 4.69) is 71.7 Å². The van der Waals surface area contributed by atoms with Crippen LogP contribution in [0.1, 0.15) is 64.9 Å². The Kier molecular flexibility index (Phi) is 13.1. The van der Waals surface area contributed by atoms with Crippen LogP contribution in [0.2, 0.25) is 0 Å². The number of anilines is 8. The molecule has 6 aromatic rings. The number of aromatic nitrogens is 10. The molecule has 1 aliphatic carbocycles. The van der Waals surface area contributed by atoms with Crippen molar-refractivity contribution < 1.29 is 14.4 Å². The lowest BCUT2D eigenvalue weighted by molar-refractivity contribution is -0.122. The van der Waals surface area contributed by atoms with Crippen molar-refractivity contribution in [3.63, 3.8) is 0 Å². The number of pyridine rings is 3. The highest BCUT2D eigenvalue weighted by atomic mass is 16.2. The van der Waals surface area contributed by atoms with Crippen molar-refractivity contribution in [2.45, 2.75) is 52.1 Å². The highest BCUT2D eigenvalue weighted by Gasteiger charge is 2.26. The number of piperazine rings is 1. The van der Waals surface area contributed by atoms with Crippen LogP contribution in [0, 0.1) is 6.92 Å². The van der Waals surface area contributed by atoms with E-state index >= 15 is 0 Å². The van der Waals surface area contributed by atoms with Crippen LogP contribution in [0.15, 0.2) is 59.8 Å². The number of Topliss-reactive ketones (excluding diaryl/α,β-unsaturated/α-hetero) is 1. The third kappa shape index (κ3) is 10.1. The number of rotatable bonds is 16. The minimum absolute atomic E-state index is 0.0105. The Bertz CT molecular complexity index is 2740. The van der Waals surface area contributed by atoms with Crippen molar-refractivity contribution in [2.24, 2.45) is 0 Å². The number of hydrogen-bond donors (Lipinski definition) is 5. The molecule has 5 N–H and O–H groups in total. The van der Waals surface area contributed by atoms with Gasteiger partial charge in [-0.15, -0.1) is 15.3 Å². The number of fused-ring (bicyclic) bond motifs is 1. The Morgan fingerprint density at radius 2 is 1.62 bits per heavy atom. The largest absolute Gasteiger partial charge is 0.373 e. The van der Waals surface area contributed by atoms with E-state index < -0.39 is 5.91 Å². The van der Waals surface area contributed by atoms with Gasteiger partial charge in [0, 0.05) is 71.5 Å². The molecule has 1 aliphatic heterocycles. The number of nitrogens with zero attached hydrogens (tertiary/aromatic N) is 13. The molecule has 0 unspecified atom stereocenters. The molecule has 0 atom stereocenters. The summed E-state index contributed by atoms with van der Waals surface area (Å²) < 4.78 is 1.70. The van der Waals surface area contributed by atoms with Crippen molar-refractivity contribution in [3.05, 3.63) is 82.0 Å². The Balaban J connectivity index is 0.798. The van der Waals surface area contributed by atoms with Crippen molar-refractivity contribution in [2.75, 3.05) is 91.5 Å². The SMILES string of the molecule is CNc1ccc(C(=O)Nc2ccc(N(C)C)nn2)c(Nc2cnn(CCNC(=O)CN3CCN(c4ccc(Nc5ncc6c(C)c(C(C)=O)c(=O)n(C7CCCC7)c6n5)nc4)CC3)n2)n1. The highest BCUT2D eigenvalue weighted by molar-refractivity contribution is 6.07. The predicted molar refractivity (Wildman–Crippen MR) is 247 cm³/mol. The summed E-state index contributed by atoms with van der Waals surface area (Å²) in [6.45, 7) is 6.93. The summed E-state index contributed by atoms with van der Waals surface area (Å²) >= 11 is 0. The first-order valence-electron chi connectivity index (χ1n) is 21.5. The molecule has 0 radical (unpaired) electrons. The fourth-order valence-electron chi connectivity index (χ4n) is 8.06. The molecule has 1 saturated carbocycles. The molecule has 22 nitrogen and oxygen atoms in total. The van der Waals surface area contributed by atoms with E-state index in [0.717, 1.165) is 44.5 Å². The lowest BCUT2D eigenvalue weighted by atomic mass is 10.0. The van der Waals surface area contributed by atoms with Gasteiger partial charge in [0.1, 0.15) is 23.1 Å². The lowest BCUT2D eigenvalue weighted by Crippen LogP contribution is -2.49. The molecular formula is C43H52N18O4. The number of hydrogen-bond acceptors (Lipinski definition) is 18. The molecule has 22 heteroatoms. The van der Waals surface area contributed by atoms with Crippen LogP contribution in [0.25, 0.3) is 11.0 Å². The topological polar surface area (TPSA) is 251 Å². The van der Waals surface area contributed by atoms with Crippen LogP contribution >= 0.6 is 0 Å². The summed E-state index contributed by atoms with van der Waals surface area (Å²) in [5.74, 6) is 2.20. The second kappa shape index (κ2) is 19.4. The van der Waals surface area contributed by atoms with Gasteiger partial charge >= 0.3 is 0 Å². The average molecular weight is 885 g/mol. The van der Waals surface area contributed by atoms with Crippen LogP contribution < -0.4 is 41.9 Å². The maximum atomic E-state index is 13.6. The monoisotopic (exact) mass is 884 g/mol. The van der Waals surface area contributed by atoms with Gasteiger partial charge in [0.2, 0.25) is 11.9 Å². The summed E-state index contributed by atoms with van der Waals surface area (Å²) in [5, 5.41) is 32.6. The van der Waals surface area contributed by atoms with Crippen molar-refractivity contribution >= 4 is 75.2 Å². The fraction of sp³-hybridized carbons (Fsp3) is 0.395. The van der Waals surface area contributed by atoms with E-state index in [9.17, 15) is 19.2 Å². The van der Waals surface area contributed by atoms with Gasteiger partial charge in [-0.3, -0.25) is 28.6 Å². The second-order valence-electron chi connectivity index (χ2n) is 16.2. The van der Waals surface area contributed by atoms with Crippen LogP contribution in [0.5, 0.6) is 0 Å². The average Bonchev–Trinajstić information content (AvgIpc) is 4.00. The Morgan fingerprint density at radius 1 is 0.846 bits per heavy atom. The van der Waals surface area contributed by atoms with Crippen molar-refractivity contribution in [3.8, 4) is 0 Å². The summed E-state index contributed by atoms with van der Waals surface area (Å²) in [6.07, 6.45) is 8.76. The van der Waals surface area contributed by atoms with Gasteiger partial charge in [0.25, 0.3) is 11.5 Å². The van der Waals surface area contributed by atoms with Gasteiger partial charge in [-0.2, -0.15) is 14.9 Å². The fourth-order valence-corrected chi connectivity index (χ4v) is 8.06. The van der Waals surface area contributed by atoms with E-state index in [4.69, 9.17) is 4.98 Å². The second-order valence-corrected chi connectivity index (χ2v) is 16.2. The highest BCUT2D eigenvalue weighted by Crippen LogP contribution is 2.32. The lowest BCUT2D eigenvalue weighted by Gasteiger charge is -2.35. The quantitative estimate of drug-likeness (QED) is 0.0874. The molecule has 0 bridgehead atoms. The maximum Gasteiger partial charge on any atom is 0.263 e. The maximum absolute atomic E-state index is 13.6. The van der Waals surface area contributed by atoms with Crippen LogP contribution in [0.3, 0.4) is 0 Å². The van der Waals surface area contributed by atoms with Gasteiger partial charge in [0.15, 0.2) is 23.2 Å². The molecule has 2 amide bonds. The van der Waals surface area contributed by atoms with Crippen molar-refractivity contribution in [1.82, 2.24) is 59.9 Å². The number of ketones is 1. The molecule has 1 saturated heterocycles. The van der Waals surface area contributed by atoms with Crippen molar-refractivity contribution in [1.29, 1.82) is 0 Å². The minimum Gasteiger partial charge on any atom is -0.373 e. The molecule has 7 heterocycles. The molecule has 0 aromatic carbocycles. The van der Waals surface area contributed by atoms with E-state index in [1.54, 1.807) is 55.2 Å².